The van der Waals surface area contributed by atoms with Crippen LogP contribution in [0.15, 0.2) is 48.7 Å². The van der Waals surface area contributed by atoms with Crippen molar-refractivity contribution in [1.29, 1.82) is 0 Å². The van der Waals surface area contributed by atoms with Crippen molar-refractivity contribution in [3.63, 3.8) is 0 Å². The number of aryl methyl sites for hydroxylation is 1. The van der Waals surface area contributed by atoms with Gasteiger partial charge in [-0.3, -0.25) is 4.98 Å². The summed E-state index contributed by atoms with van der Waals surface area (Å²) in [6, 6.07) is 12.7. The van der Waals surface area contributed by atoms with E-state index in [0.29, 0.717) is 27.9 Å². The van der Waals surface area contributed by atoms with Crippen LogP contribution in [-0.2, 0) is 6.42 Å². The monoisotopic (exact) mass is 406 g/mol. The van der Waals surface area contributed by atoms with Gasteiger partial charge in [-0.2, -0.15) is 0 Å². The summed E-state index contributed by atoms with van der Waals surface area (Å²) in [4.78, 5) is 8.79. The second kappa shape index (κ2) is 7.23. The number of halogens is 1. The largest absolute Gasteiger partial charge is 0.505 e. The highest BCUT2D eigenvalue weighted by Crippen LogP contribution is 2.40. The van der Waals surface area contributed by atoms with Gasteiger partial charge in [0.05, 0.1) is 15.4 Å². The summed E-state index contributed by atoms with van der Waals surface area (Å²) < 4.78 is 16.4. The van der Waals surface area contributed by atoms with E-state index >= 15 is 4.39 Å². The molecule has 0 unspecified atom stereocenters. The molecule has 0 aliphatic rings. The smallest absolute Gasteiger partial charge is 0.150 e. The van der Waals surface area contributed by atoms with Crippen molar-refractivity contribution < 1.29 is 9.50 Å². The molecule has 0 aliphatic carbocycles. The van der Waals surface area contributed by atoms with Crippen molar-refractivity contribution in [2.45, 2.75) is 34.1 Å². The molecule has 0 aliphatic heterocycles. The van der Waals surface area contributed by atoms with Crippen LogP contribution >= 0.6 is 11.3 Å². The maximum atomic E-state index is 15.5. The van der Waals surface area contributed by atoms with Gasteiger partial charge in [-0.15, -0.1) is 11.3 Å². The van der Waals surface area contributed by atoms with Crippen LogP contribution in [0.1, 0.15) is 31.3 Å². The SMILES string of the molecule is Cc1nc2c(O)c(-c3cccc(-c4cc(CC(C)(C)C)ccn4)c3F)ccc2s1. The first-order valence-electron chi connectivity index (χ1n) is 9.56. The number of phenolic OH excluding ortho intramolecular Hbond substituents is 1. The maximum Gasteiger partial charge on any atom is 0.150 e. The van der Waals surface area contributed by atoms with Crippen molar-refractivity contribution in [3.8, 4) is 28.1 Å². The van der Waals surface area contributed by atoms with Crippen LogP contribution < -0.4 is 0 Å². The first-order chi connectivity index (χ1) is 13.7. The number of thiazole rings is 1. The normalized spacial score (nSPS) is 11.9. The standard InChI is InChI=1S/C24H23FN2OS/c1-14-27-22-20(29-14)9-8-17(23(22)28)16-6-5-7-18(21(16)25)19-12-15(10-11-26-19)13-24(2,3)4/h5-12,28H,13H2,1-4H3. The highest BCUT2D eigenvalue weighted by molar-refractivity contribution is 7.18. The molecule has 0 fully saturated rings. The molecule has 148 valence electrons. The molecule has 0 radical (unpaired) electrons. The van der Waals surface area contributed by atoms with Gasteiger partial charge in [-0.05, 0) is 54.7 Å². The van der Waals surface area contributed by atoms with Gasteiger partial charge in [0.2, 0.25) is 0 Å². The molecule has 4 rings (SSSR count). The minimum atomic E-state index is -0.394. The van der Waals surface area contributed by atoms with Crippen LogP contribution in [0, 0.1) is 18.2 Å². The number of hydrogen-bond acceptors (Lipinski definition) is 4. The van der Waals surface area contributed by atoms with Gasteiger partial charge in [0, 0.05) is 22.9 Å². The van der Waals surface area contributed by atoms with Crippen LogP contribution in [0.4, 0.5) is 4.39 Å². The van der Waals surface area contributed by atoms with Crippen LogP contribution in [0.2, 0.25) is 0 Å². The molecule has 4 aromatic rings. The van der Waals surface area contributed by atoms with E-state index in [0.717, 1.165) is 21.7 Å². The molecule has 1 N–H and O–H groups in total. The van der Waals surface area contributed by atoms with Gasteiger partial charge in [-0.1, -0.05) is 32.9 Å². The lowest BCUT2D eigenvalue weighted by Crippen LogP contribution is -2.09. The summed E-state index contributed by atoms with van der Waals surface area (Å²) in [5, 5.41) is 11.6. The quantitative estimate of drug-likeness (QED) is 0.408. The lowest BCUT2D eigenvalue weighted by atomic mass is 9.88. The summed E-state index contributed by atoms with van der Waals surface area (Å²) in [6.45, 7) is 8.41. The summed E-state index contributed by atoms with van der Waals surface area (Å²) in [7, 11) is 0. The van der Waals surface area contributed by atoms with Gasteiger partial charge in [0.25, 0.3) is 0 Å². The molecule has 2 aromatic heterocycles. The lowest BCUT2D eigenvalue weighted by Gasteiger charge is -2.18. The van der Waals surface area contributed by atoms with Crippen molar-refractivity contribution in [2.24, 2.45) is 5.41 Å². The number of pyridine rings is 1. The number of aromatic nitrogens is 2. The van der Waals surface area contributed by atoms with E-state index in [9.17, 15) is 5.11 Å². The molecule has 0 saturated heterocycles. The molecule has 5 heteroatoms. The molecule has 29 heavy (non-hydrogen) atoms. The molecular weight excluding hydrogens is 383 g/mol. The summed E-state index contributed by atoms with van der Waals surface area (Å²) >= 11 is 1.51. The average molecular weight is 407 g/mol. The van der Waals surface area contributed by atoms with Gasteiger partial charge < -0.3 is 5.11 Å². The zero-order chi connectivity index (χ0) is 20.8. The molecular formula is C24H23FN2OS. The number of nitrogens with zero attached hydrogens (tertiary/aromatic N) is 2. The van der Waals surface area contributed by atoms with E-state index in [2.05, 4.69) is 30.7 Å². The molecule has 0 saturated carbocycles. The van der Waals surface area contributed by atoms with E-state index in [-0.39, 0.29) is 11.2 Å². The van der Waals surface area contributed by atoms with Crippen LogP contribution in [0.5, 0.6) is 5.75 Å². The number of benzene rings is 2. The molecule has 0 bridgehead atoms. The molecule has 3 nitrogen and oxygen atoms in total. The fourth-order valence-electron chi connectivity index (χ4n) is 3.59. The number of aromatic hydroxyl groups is 1. The second-order valence-electron chi connectivity index (χ2n) is 8.50. The first kappa shape index (κ1) is 19.5. The van der Waals surface area contributed by atoms with Crippen molar-refractivity contribution in [2.75, 3.05) is 0 Å². The Hall–Kier alpha value is -2.79. The third-order valence-electron chi connectivity index (χ3n) is 4.76. The molecule has 2 heterocycles. The minimum Gasteiger partial charge on any atom is -0.505 e. The average Bonchev–Trinajstić information content (AvgIpc) is 3.03. The van der Waals surface area contributed by atoms with Gasteiger partial charge in [0.15, 0.2) is 5.75 Å². The number of fused-ring (bicyclic) bond motifs is 1. The Bertz CT molecular complexity index is 1210. The van der Waals surface area contributed by atoms with Gasteiger partial charge >= 0.3 is 0 Å². The van der Waals surface area contributed by atoms with Crippen LogP contribution in [-0.4, -0.2) is 15.1 Å². The van der Waals surface area contributed by atoms with E-state index in [1.807, 2.05) is 25.1 Å². The Labute approximate surface area is 173 Å². The summed E-state index contributed by atoms with van der Waals surface area (Å²) in [5.74, 6) is -0.383. The molecule has 0 atom stereocenters. The lowest BCUT2D eigenvalue weighted by molar-refractivity contribution is 0.411. The Morgan fingerprint density at radius 2 is 1.79 bits per heavy atom. The third kappa shape index (κ3) is 3.87. The Kier molecular flexibility index (Phi) is 4.87. The fourth-order valence-corrected chi connectivity index (χ4v) is 4.42. The predicted octanol–water partition coefficient (Wildman–Crippen LogP) is 6.77. The maximum absolute atomic E-state index is 15.5. The predicted molar refractivity (Wildman–Crippen MR) is 118 cm³/mol. The van der Waals surface area contributed by atoms with Crippen molar-refractivity contribution in [1.82, 2.24) is 9.97 Å². The van der Waals surface area contributed by atoms with E-state index in [1.54, 1.807) is 30.5 Å². The highest BCUT2D eigenvalue weighted by Gasteiger charge is 2.19. The van der Waals surface area contributed by atoms with Gasteiger partial charge in [-0.25, -0.2) is 9.37 Å². The van der Waals surface area contributed by atoms with Crippen LogP contribution in [0.25, 0.3) is 32.6 Å². The first-order valence-corrected chi connectivity index (χ1v) is 10.4. The summed E-state index contributed by atoms with van der Waals surface area (Å²) in [6.07, 6.45) is 2.61. The molecule has 0 spiro atoms. The Balaban J connectivity index is 1.81. The molecule has 0 amide bonds. The zero-order valence-electron chi connectivity index (χ0n) is 17.0. The van der Waals surface area contributed by atoms with E-state index in [4.69, 9.17) is 0 Å². The van der Waals surface area contributed by atoms with E-state index in [1.165, 1.54) is 11.3 Å². The fraction of sp³-hybridized carbons (Fsp3) is 0.250. The van der Waals surface area contributed by atoms with Crippen molar-refractivity contribution >= 4 is 21.6 Å². The van der Waals surface area contributed by atoms with E-state index < -0.39 is 5.82 Å². The number of phenols is 1. The Morgan fingerprint density at radius 3 is 2.55 bits per heavy atom. The van der Waals surface area contributed by atoms with Gasteiger partial charge in [0.1, 0.15) is 11.3 Å². The third-order valence-corrected chi connectivity index (χ3v) is 5.70. The highest BCUT2D eigenvalue weighted by atomic mass is 32.1. The summed E-state index contributed by atoms with van der Waals surface area (Å²) in [5.41, 5.74) is 3.56. The number of hydrogen-bond donors (Lipinski definition) is 1. The van der Waals surface area contributed by atoms with Crippen molar-refractivity contribution in [3.05, 3.63) is 65.0 Å². The molecule has 2 aromatic carbocycles. The second-order valence-corrected chi connectivity index (χ2v) is 9.73. The number of rotatable bonds is 3. The Morgan fingerprint density at radius 1 is 1.03 bits per heavy atom. The topological polar surface area (TPSA) is 46.0 Å². The minimum absolute atomic E-state index is 0.0114. The zero-order valence-corrected chi connectivity index (χ0v) is 17.8. The van der Waals surface area contributed by atoms with Crippen LogP contribution in [0.3, 0.4) is 0 Å².